The van der Waals surface area contributed by atoms with Crippen LogP contribution >= 0.6 is 23.4 Å². The van der Waals surface area contributed by atoms with Crippen LogP contribution in [0.15, 0.2) is 53.4 Å². The van der Waals surface area contributed by atoms with Gasteiger partial charge in [0.05, 0.1) is 6.54 Å². The normalized spacial score (nSPS) is 13.0. The fourth-order valence-corrected chi connectivity index (χ4v) is 4.12. The van der Waals surface area contributed by atoms with Crippen LogP contribution in [0.25, 0.3) is 0 Å². The van der Waals surface area contributed by atoms with Crippen molar-refractivity contribution >= 4 is 40.9 Å². The number of carbonyl (C=O) groups is 2. The van der Waals surface area contributed by atoms with Gasteiger partial charge in [-0.15, -0.1) is 11.8 Å². The maximum absolute atomic E-state index is 12.2. The first-order valence-corrected chi connectivity index (χ1v) is 10.8. The zero-order valence-corrected chi connectivity index (χ0v) is 17.2. The second-order valence-corrected chi connectivity index (χ2v) is 8.26. The van der Waals surface area contributed by atoms with E-state index in [1.54, 1.807) is 11.8 Å². The maximum atomic E-state index is 12.2. The van der Waals surface area contributed by atoms with Crippen molar-refractivity contribution in [3.63, 3.8) is 0 Å². The van der Waals surface area contributed by atoms with Gasteiger partial charge in [-0.05, 0) is 60.9 Å². The van der Waals surface area contributed by atoms with E-state index in [4.69, 9.17) is 11.6 Å². The number of hydrogen-bond acceptors (Lipinski definition) is 4. The third kappa shape index (κ3) is 6.17. The Labute approximate surface area is 174 Å². The fraction of sp³-hybridized carbons (Fsp3) is 0.333. The van der Waals surface area contributed by atoms with Crippen molar-refractivity contribution in [2.45, 2.75) is 30.6 Å². The van der Waals surface area contributed by atoms with Gasteiger partial charge >= 0.3 is 0 Å². The molecule has 148 valence electrons. The number of thioether (sulfide) groups is 1. The molecule has 0 saturated carbocycles. The number of halogens is 1. The SMILES string of the molecule is O=C(CCCSc1ccc(Cl)cc1)NNC(=O)CN1CCCc2ccccc21. The van der Waals surface area contributed by atoms with Crippen molar-refractivity contribution in [2.75, 3.05) is 23.7 Å². The lowest BCUT2D eigenvalue weighted by Crippen LogP contribution is -2.47. The smallest absolute Gasteiger partial charge is 0.257 e. The number of anilines is 1. The molecule has 0 aliphatic carbocycles. The summed E-state index contributed by atoms with van der Waals surface area (Å²) in [5.74, 6) is 0.442. The van der Waals surface area contributed by atoms with Crippen LogP contribution in [0.3, 0.4) is 0 Å². The van der Waals surface area contributed by atoms with E-state index in [-0.39, 0.29) is 18.4 Å². The van der Waals surface area contributed by atoms with E-state index in [0.29, 0.717) is 11.4 Å². The summed E-state index contributed by atoms with van der Waals surface area (Å²) in [6.45, 7) is 1.09. The van der Waals surface area contributed by atoms with Crippen LogP contribution in [0.1, 0.15) is 24.8 Å². The summed E-state index contributed by atoms with van der Waals surface area (Å²) in [4.78, 5) is 27.3. The highest BCUT2D eigenvalue weighted by molar-refractivity contribution is 7.99. The Bertz CT molecular complexity index is 814. The first-order chi connectivity index (χ1) is 13.6. The molecule has 0 atom stereocenters. The van der Waals surface area contributed by atoms with Gasteiger partial charge in [-0.25, -0.2) is 0 Å². The summed E-state index contributed by atoms with van der Waals surface area (Å²) < 4.78 is 0. The summed E-state index contributed by atoms with van der Waals surface area (Å²) in [5, 5.41) is 0.715. The average molecular weight is 418 g/mol. The molecule has 2 amide bonds. The Hall–Kier alpha value is -2.18. The van der Waals surface area contributed by atoms with Crippen LogP contribution < -0.4 is 15.8 Å². The molecule has 1 aliphatic rings. The summed E-state index contributed by atoms with van der Waals surface area (Å²) in [7, 11) is 0. The van der Waals surface area contributed by atoms with E-state index < -0.39 is 0 Å². The van der Waals surface area contributed by atoms with Gasteiger partial charge in [0, 0.05) is 28.6 Å². The minimum Gasteiger partial charge on any atom is -0.362 e. The number of fused-ring (bicyclic) bond motifs is 1. The minimum absolute atomic E-state index is 0.177. The molecule has 2 N–H and O–H groups in total. The number of nitrogens with one attached hydrogen (secondary N) is 2. The topological polar surface area (TPSA) is 61.4 Å². The number of aryl methyl sites for hydroxylation is 1. The van der Waals surface area contributed by atoms with E-state index in [1.807, 2.05) is 42.5 Å². The number of carbonyl (C=O) groups excluding carboxylic acids is 2. The Kier molecular flexibility index (Phi) is 7.62. The molecule has 3 rings (SSSR count). The van der Waals surface area contributed by atoms with E-state index in [0.717, 1.165) is 42.1 Å². The Morgan fingerprint density at radius 3 is 2.61 bits per heavy atom. The molecule has 5 nitrogen and oxygen atoms in total. The average Bonchev–Trinajstić information content (AvgIpc) is 2.71. The highest BCUT2D eigenvalue weighted by Crippen LogP contribution is 2.26. The van der Waals surface area contributed by atoms with E-state index in [2.05, 4.69) is 21.8 Å². The molecule has 0 unspecified atom stereocenters. The first-order valence-electron chi connectivity index (χ1n) is 9.41. The molecule has 0 saturated heterocycles. The molecule has 28 heavy (non-hydrogen) atoms. The van der Waals surface area contributed by atoms with Crippen molar-refractivity contribution in [1.82, 2.24) is 10.9 Å². The number of nitrogens with zero attached hydrogens (tertiary/aromatic N) is 1. The van der Waals surface area contributed by atoms with Crippen molar-refractivity contribution in [1.29, 1.82) is 0 Å². The van der Waals surface area contributed by atoms with Crippen LogP contribution in [0.4, 0.5) is 5.69 Å². The second kappa shape index (κ2) is 10.4. The minimum atomic E-state index is -0.208. The van der Waals surface area contributed by atoms with E-state index in [9.17, 15) is 9.59 Å². The molecule has 1 aliphatic heterocycles. The Morgan fingerprint density at radius 2 is 1.79 bits per heavy atom. The second-order valence-electron chi connectivity index (χ2n) is 6.66. The molecular formula is C21H24ClN3O2S. The van der Waals surface area contributed by atoms with Gasteiger partial charge in [0.1, 0.15) is 0 Å². The molecule has 7 heteroatoms. The van der Waals surface area contributed by atoms with Gasteiger partial charge in [0.2, 0.25) is 5.91 Å². The summed E-state index contributed by atoms with van der Waals surface area (Å²) in [6.07, 6.45) is 3.17. The number of amides is 2. The molecule has 0 spiro atoms. The number of hydrazine groups is 1. The highest BCUT2D eigenvalue weighted by atomic mass is 35.5. The lowest BCUT2D eigenvalue weighted by atomic mass is 10.0. The van der Waals surface area contributed by atoms with E-state index >= 15 is 0 Å². The molecular weight excluding hydrogens is 394 g/mol. The molecule has 0 aromatic heterocycles. The third-order valence-electron chi connectivity index (χ3n) is 4.51. The zero-order chi connectivity index (χ0) is 19.8. The lowest BCUT2D eigenvalue weighted by molar-refractivity contribution is -0.128. The molecule has 1 heterocycles. The van der Waals surface area contributed by atoms with Crippen molar-refractivity contribution < 1.29 is 9.59 Å². The molecule has 2 aromatic rings. The zero-order valence-electron chi connectivity index (χ0n) is 15.6. The molecule has 0 fully saturated rings. The summed E-state index contributed by atoms with van der Waals surface area (Å²) in [5.41, 5.74) is 7.41. The monoisotopic (exact) mass is 417 g/mol. The van der Waals surface area contributed by atoms with Crippen LogP contribution in [-0.2, 0) is 16.0 Å². The van der Waals surface area contributed by atoms with Crippen molar-refractivity contribution in [3.05, 3.63) is 59.1 Å². The van der Waals surface area contributed by atoms with Crippen molar-refractivity contribution in [2.24, 2.45) is 0 Å². The van der Waals surface area contributed by atoms with E-state index in [1.165, 1.54) is 5.56 Å². The lowest BCUT2D eigenvalue weighted by Gasteiger charge is -2.30. The number of para-hydroxylation sites is 1. The van der Waals surface area contributed by atoms with Gasteiger partial charge in [0.15, 0.2) is 0 Å². The Balaban J connectivity index is 1.33. The van der Waals surface area contributed by atoms with Crippen LogP contribution in [-0.4, -0.2) is 30.7 Å². The Morgan fingerprint density at radius 1 is 1.04 bits per heavy atom. The number of rotatable bonds is 7. The van der Waals surface area contributed by atoms with Crippen molar-refractivity contribution in [3.8, 4) is 0 Å². The number of benzene rings is 2. The van der Waals surface area contributed by atoms with Gasteiger partial charge in [-0.2, -0.15) is 0 Å². The summed E-state index contributed by atoms with van der Waals surface area (Å²) in [6, 6.07) is 15.8. The van der Waals surface area contributed by atoms with Crippen LogP contribution in [0, 0.1) is 0 Å². The quantitative estimate of drug-likeness (QED) is 0.408. The van der Waals surface area contributed by atoms with Crippen LogP contribution in [0.2, 0.25) is 5.02 Å². The first kappa shape index (κ1) is 20.6. The highest BCUT2D eigenvalue weighted by Gasteiger charge is 2.18. The maximum Gasteiger partial charge on any atom is 0.257 e. The largest absolute Gasteiger partial charge is 0.362 e. The predicted octanol–water partition coefficient (Wildman–Crippen LogP) is 3.81. The van der Waals surface area contributed by atoms with Gasteiger partial charge in [-0.3, -0.25) is 20.4 Å². The summed E-state index contributed by atoms with van der Waals surface area (Å²) >= 11 is 7.54. The fourth-order valence-electron chi connectivity index (χ4n) is 3.14. The van der Waals surface area contributed by atoms with Crippen LogP contribution in [0.5, 0.6) is 0 Å². The predicted molar refractivity (Wildman–Crippen MR) is 115 cm³/mol. The van der Waals surface area contributed by atoms with Gasteiger partial charge in [0.25, 0.3) is 5.91 Å². The standard InChI is InChI=1S/C21H24ClN3O2S/c22-17-9-11-18(12-10-17)28-14-4-8-20(26)23-24-21(27)15-25-13-3-6-16-5-1-2-7-19(16)25/h1-2,5,7,9-12H,3-4,6,8,13-15H2,(H,23,26)(H,24,27). The third-order valence-corrected chi connectivity index (χ3v) is 5.86. The van der Waals surface area contributed by atoms with Gasteiger partial charge < -0.3 is 4.90 Å². The van der Waals surface area contributed by atoms with Gasteiger partial charge in [-0.1, -0.05) is 29.8 Å². The molecule has 0 radical (unpaired) electrons. The number of hydrogen-bond donors (Lipinski definition) is 2. The molecule has 0 bridgehead atoms. The molecule has 2 aromatic carbocycles.